The summed E-state index contributed by atoms with van der Waals surface area (Å²) in [6, 6.07) is 2.10. The first kappa shape index (κ1) is 10.2. The van der Waals surface area contributed by atoms with E-state index in [9.17, 15) is 4.79 Å². The second-order valence-corrected chi connectivity index (χ2v) is 3.85. The first-order chi connectivity index (χ1) is 6.29. The van der Waals surface area contributed by atoms with Crippen LogP contribution >= 0.6 is 0 Å². The first-order valence-corrected chi connectivity index (χ1v) is 5.20. The highest BCUT2D eigenvalue weighted by atomic mass is 16.1. The Morgan fingerprint density at radius 2 is 2.15 bits per heavy atom. The van der Waals surface area contributed by atoms with E-state index in [1.54, 1.807) is 0 Å². The van der Waals surface area contributed by atoms with Crippen LogP contribution in [0.5, 0.6) is 0 Å². The normalized spacial score (nSPS) is 19.7. The van der Waals surface area contributed by atoms with Crippen molar-refractivity contribution in [2.24, 2.45) is 11.8 Å². The van der Waals surface area contributed by atoms with Crippen LogP contribution in [0.15, 0.2) is 0 Å². The van der Waals surface area contributed by atoms with Gasteiger partial charge in [-0.1, -0.05) is 19.8 Å². The molecule has 0 aromatic carbocycles. The van der Waals surface area contributed by atoms with Gasteiger partial charge in [0.25, 0.3) is 0 Å². The highest BCUT2D eigenvalue weighted by Gasteiger charge is 2.27. The van der Waals surface area contributed by atoms with Crippen molar-refractivity contribution in [3.63, 3.8) is 0 Å². The summed E-state index contributed by atoms with van der Waals surface area (Å²) >= 11 is 0. The topological polar surface area (TPSA) is 40.9 Å². The molecule has 0 radical (unpaired) electrons. The van der Waals surface area contributed by atoms with Crippen molar-refractivity contribution in [2.75, 3.05) is 0 Å². The third-order valence-electron chi connectivity index (χ3n) is 2.99. The van der Waals surface area contributed by atoms with Gasteiger partial charge in [-0.25, -0.2) is 0 Å². The van der Waals surface area contributed by atoms with Crippen LogP contribution in [0, 0.1) is 23.2 Å². The van der Waals surface area contributed by atoms with E-state index in [4.69, 9.17) is 5.26 Å². The lowest BCUT2D eigenvalue weighted by Crippen LogP contribution is -2.20. The van der Waals surface area contributed by atoms with Crippen LogP contribution in [0.25, 0.3) is 0 Å². The van der Waals surface area contributed by atoms with Crippen molar-refractivity contribution in [2.45, 2.75) is 45.4 Å². The predicted octanol–water partition coefficient (Wildman–Crippen LogP) is 2.69. The molecule has 1 fully saturated rings. The number of hydrogen-bond donors (Lipinski definition) is 0. The molecule has 0 bridgehead atoms. The molecular weight excluding hydrogens is 162 g/mol. The van der Waals surface area contributed by atoms with Crippen LogP contribution in [0.3, 0.4) is 0 Å². The maximum absolute atomic E-state index is 11.8. The molecule has 0 N–H and O–H groups in total. The third-order valence-corrected chi connectivity index (χ3v) is 2.99. The molecule has 0 heterocycles. The number of Topliss-reactive ketones (excluding diaryl/α,β-unsaturated/α-hetero) is 1. The van der Waals surface area contributed by atoms with E-state index in [1.807, 2.05) is 6.92 Å². The Morgan fingerprint density at radius 3 is 2.62 bits per heavy atom. The molecule has 1 aliphatic carbocycles. The Balaban J connectivity index is 2.48. The minimum Gasteiger partial charge on any atom is -0.299 e. The van der Waals surface area contributed by atoms with E-state index in [1.165, 1.54) is 12.8 Å². The van der Waals surface area contributed by atoms with Crippen LogP contribution in [0.2, 0.25) is 0 Å². The summed E-state index contributed by atoms with van der Waals surface area (Å²) in [7, 11) is 0. The van der Waals surface area contributed by atoms with Crippen molar-refractivity contribution < 1.29 is 4.79 Å². The van der Waals surface area contributed by atoms with E-state index in [-0.39, 0.29) is 11.8 Å². The smallest absolute Gasteiger partial charge is 0.140 e. The molecule has 1 aliphatic rings. The highest BCUT2D eigenvalue weighted by molar-refractivity contribution is 5.83. The van der Waals surface area contributed by atoms with Gasteiger partial charge in [-0.05, 0) is 19.3 Å². The standard InChI is InChI=1S/C11H17NO/c1-2-9(7-8-12)11(13)10-5-3-4-6-10/h9-10H,2-7H2,1H3. The van der Waals surface area contributed by atoms with Crippen molar-refractivity contribution in [3.8, 4) is 6.07 Å². The number of nitrogens with zero attached hydrogens (tertiary/aromatic N) is 1. The molecule has 0 aliphatic heterocycles. The van der Waals surface area contributed by atoms with Gasteiger partial charge in [0.1, 0.15) is 5.78 Å². The number of carbonyl (C=O) groups excluding carboxylic acids is 1. The molecule has 2 heteroatoms. The number of rotatable bonds is 4. The minimum atomic E-state index is 0.00750. The molecule has 0 aromatic rings. The molecule has 0 saturated heterocycles. The van der Waals surface area contributed by atoms with Gasteiger partial charge in [0.05, 0.1) is 6.07 Å². The SMILES string of the molecule is CCC(CC#N)C(=O)C1CCCC1. The molecule has 1 saturated carbocycles. The summed E-state index contributed by atoms with van der Waals surface area (Å²) in [6.45, 7) is 1.99. The van der Waals surface area contributed by atoms with E-state index in [0.29, 0.717) is 12.2 Å². The van der Waals surface area contributed by atoms with E-state index in [0.717, 1.165) is 19.3 Å². The zero-order chi connectivity index (χ0) is 9.68. The molecule has 72 valence electrons. The van der Waals surface area contributed by atoms with Crippen molar-refractivity contribution in [1.82, 2.24) is 0 Å². The maximum Gasteiger partial charge on any atom is 0.140 e. The lowest BCUT2D eigenvalue weighted by molar-refractivity contribution is -0.126. The average Bonchev–Trinajstić information content (AvgIpc) is 2.65. The Morgan fingerprint density at radius 1 is 1.54 bits per heavy atom. The molecule has 0 aromatic heterocycles. The summed E-state index contributed by atoms with van der Waals surface area (Å²) in [5, 5.41) is 8.56. The summed E-state index contributed by atoms with van der Waals surface area (Å²) < 4.78 is 0. The van der Waals surface area contributed by atoms with Gasteiger partial charge in [-0.15, -0.1) is 0 Å². The quantitative estimate of drug-likeness (QED) is 0.665. The summed E-state index contributed by atoms with van der Waals surface area (Å²) in [6.07, 6.45) is 5.73. The third kappa shape index (κ3) is 2.55. The van der Waals surface area contributed by atoms with Crippen LogP contribution in [-0.4, -0.2) is 5.78 Å². The Labute approximate surface area is 79.9 Å². The number of carbonyl (C=O) groups is 1. The zero-order valence-corrected chi connectivity index (χ0v) is 8.25. The second-order valence-electron chi connectivity index (χ2n) is 3.85. The van der Waals surface area contributed by atoms with Gasteiger partial charge in [-0.2, -0.15) is 5.26 Å². The molecule has 1 rings (SSSR count). The largest absolute Gasteiger partial charge is 0.299 e. The molecule has 13 heavy (non-hydrogen) atoms. The van der Waals surface area contributed by atoms with E-state index in [2.05, 4.69) is 6.07 Å². The fourth-order valence-electron chi connectivity index (χ4n) is 2.10. The Kier molecular flexibility index (Phi) is 3.95. The van der Waals surface area contributed by atoms with E-state index < -0.39 is 0 Å². The summed E-state index contributed by atoms with van der Waals surface area (Å²) in [4.78, 5) is 11.8. The molecule has 1 unspecified atom stereocenters. The fraction of sp³-hybridized carbons (Fsp3) is 0.818. The second kappa shape index (κ2) is 5.01. The first-order valence-electron chi connectivity index (χ1n) is 5.20. The van der Waals surface area contributed by atoms with Gasteiger partial charge >= 0.3 is 0 Å². The predicted molar refractivity (Wildman–Crippen MR) is 51.0 cm³/mol. The Bertz CT molecular complexity index is 211. The van der Waals surface area contributed by atoms with Gasteiger partial charge in [-0.3, -0.25) is 4.79 Å². The van der Waals surface area contributed by atoms with E-state index >= 15 is 0 Å². The maximum atomic E-state index is 11.8. The average molecular weight is 179 g/mol. The minimum absolute atomic E-state index is 0.00750. The van der Waals surface area contributed by atoms with Gasteiger partial charge in [0, 0.05) is 18.3 Å². The molecule has 0 spiro atoms. The van der Waals surface area contributed by atoms with Crippen molar-refractivity contribution in [1.29, 1.82) is 5.26 Å². The molecule has 0 amide bonds. The summed E-state index contributed by atoms with van der Waals surface area (Å²) in [5.74, 6) is 0.632. The number of ketones is 1. The van der Waals surface area contributed by atoms with Crippen LogP contribution in [0.1, 0.15) is 45.4 Å². The fourth-order valence-corrected chi connectivity index (χ4v) is 2.10. The number of nitriles is 1. The molecular formula is C11H17NO. The lowest BCUT2D eigenvalue weighted by Gasteiger charge is -2.14. The molecule has 2 nitrogen and oxygen atoms in total. The van der Waals surface area contributed by atoms with Gasteiger partial charge in [0.15, 0.2) is 0 Å². The lowest BCUT2D eigenvalue weighted by atomic mass is 9.88. The molecule has 1 atom stereocenters. The van der Waals surface area contributed by atoms with Gasteiger partial charge < -0.3 is 0 Å². The van der Waals surface area contributed by atoms with Crippen LogP contribution < -0.4 is 0 Å². The summed E-state index contributed by atoms with van der Waals surface area (Å²) in [5.41, 5.74) is 0. The van der Waals surface area contributed by atoms with Gasteiger partial charge in [0.2, 0.25) is 0 Å². The Hall–Kier alpha value is -0.840. The van der Waals surface area contributed by atoms with Crippen LogP contribution in [0.4, 0.5) is 0 Å². The van der Waals surface area contributed by atoms with Crippen LogP contribution in [-0.2, 0) is 4.79 Å². The number of hydrogen-bond acceptors (Lipinski definition) is 2. The van der Waals surface area contributed by atoms with Crippen molar-refractivity contribution in [3.05, 3.63) is 0 Å². The monoisotopic (exact) mass is 179 g/mol. The highest BCUT2D eigenvalue weighted by Crippen LogP contribution is 2.29. The zero-order valence-electron chi connectivity index (χ0n) is 8.25. The van der Waals surface area contributed by atoms with Crippen molar-refractivity contribution >= 4 is 5.78 Å².